The fourth-order valence-corrected chi connectivity index (χ4v) is 7.73. The van der Waals surface area contributed by atoms with E-state index in [0.29, 0.717) is 26.0 Å². The number of carbonyl (C=O) groups is 2. The van der Waals surface area contributed by atoms with Crippen LogP contribution in [0, 0.1) is 18.8 Å². The topological polar surface area (TPSA) is 79.3 Å². The van der Waals surface area contributed by atoms with Crippen molar-refractivity contribution in [2.45, 2.75) is 57.9 Å². The number of thiophene rings is 1. The number of halogens is 3. The highest BCUT2D eigenvalue weighted by Gasteiger charge is 2.47. The van der Waals surface area contributed by atoms with Gasteiger partial charge in [0.15, 0.2) is 0 Å². The number of amides is 1. The van der Waals surface area contributed by atoms with Gasteiger partial charge in [-0.25, -0.2) is 9.78 Å². The number of quaternary nitrogens is 1. The maximum absolute atomic E-state index is 13.4. The molecule has 0 aliphatic heterocycles. The Balaban J connectivity index is 1.54. The average molecular weight is 499 g/mol. The van der Waals surface area contributed by atoms with Gasteiger partial charge in [-0.1, -0.05) is 0 Å². The van der Waals surface area contributed by atoms with Crippen LogP contribution in [0.4, 0.5) is 18.4 Å². The molecule has 2 aromatic rings. The highest BCUT2D eigenvalue weighted by Crippen LogP contribution is 2.49. The van der Waals surface area contributed by atoms with Crippen LogP contribution in [0.15, 0.2) is 16.5 Å². The van der Waals surface area contributed by atoms with E-state index >= 15 is 0 Å². The van der Waals surface area contributed by atoms with Crippen molar-refractivity contribution in [1.29, 1.82) is 0 Å². The second-order valence-electron chi connectivity index (χ2n) is 9.02. The summed E-state index contributed by atoms with van der Waals surface area (Å²) in [5.41, 5.74) is 2.84. The van der Waals surface area contributed by atoms with Crippen LogP contribution in [-0.2, 0) is 22.4 Å². The number of carboxylic acid groups (broad SMARTS) is 1. The molecule has 2 aromatic heterocycles. The van der Waals surface area contributed by atoms with Crippen LogP contribution in [0.2, 0.25) is 0 Å². The molecule has 2 bridgehead atoms. The number of carbonyl (C=O) groups excluding carboxylic acids is 1. The Bertz CT molecular complexity index is 1160. The highest BCUT2D eigenvalue weighted by molar-refractivity contribution is 7.18. The molecule has 0 radical (unpaired) electrons. The fraction of sp³-hybridized carbons (Fsp3) is 0.500. The minimum absolute atomic E-state index is 0.0178. The number of hydrogen-bond donors (Lipinski definition) is 2. The molecule has 1 atom stereocenters. The molecule has 6 nitrogen and oxygen atoms in total. The van der Waals surface area contributed by atoms with Crippen LogP contribution in [0.3, 0.4) is 0 Å². The molecule has 6 rings (SSSR count). The quantitative estimate of drug-likeness (QED) is 0.523. The third kappa shape index (κ3) is 4.00. The summed E-state index contributed by atoms with van der Waals surface area (Å²) in [6.45, 7) is 1.84. The Morgan fingerprint density at radius 3 is 2.36 bits per heavy atom. The van der Waals surface area contributed by atoms with E-state index in [1.54, 1.807) is 0 Å². The SMILES string of the molecule is Cc1csc(-c2c(NC(=O)C3=C(C(=O)O)C4CCC3CC4)sc3c2CC[C@@H]([N+](F)(F)F)C3)n1. The average Bonchev–Trinajstić information content (AvgIpc) is 3.35. The maximum atomic E-state index is 13.4. The summed E-state index contributed by atoms with van der Waals surface area (Å²) in [7, 11) is 0. The number of rotatable bonds is 5. The van der Waals surface area contributed by atoms with Crippen LogP contribution in [0.5, 0.6) is 0 Å². The Kier molecular flexibility index (Phi) is 5.61. The van der Waals surface area contributed by atoms with Gasteiger partial charge in [0.1, 0.15) is 10.0 Å². The molecule has 0 spiro atoms. The summed E-state index contributed by atoms with van der Waals surface area (Å²) >= 11 is 2.56. The number of carboxylic acids is 1. The summed E-state index contributed by atoms with van der Waals surface area (Å²) in [5.74, 6) is -1.70. The van der Waals surface area contributed by atoms with Crippen LogP contribution in [0.1, 0.15) is 48.2 Å². The van der Waals surface area contributed by atoms with Gasteiger partial charge in [0.05, 0.1) is 13.4 Å². The zero-order valence-corrected chi connectivity index (χ0v) is 19.5. The van der Waals surface area contributed by atoms with Crippen molar-refractivity contribution in [1.82, 2.24) is 4.98 Å². The van der Waals surface area contributed by atoms with Crippen LogP contribution in [0.25, 0.3) is 10.6 Å². The minimum Gasteiger partial charge on any atom is -0.478 e. The predicted molar refractivity (Wildman–Crippen MR) is 118 cm³/mol. The van der Waals surface area contributed by atoms with Crippen LogP contribution >= 0.6 is 22.7 Å². The summed E-state index contributed by atoms with van der Waals surface area (Å²) < 4.78 is 40.0. The number of anilines is 1. The number of nitrogens with zero attached hydrogens (tertiary/aromatic N) is 2. The molecule has 33 heavy (non-hydrogen) atoms. The maximum Gasteiger partial charge on any atom is 0.332 e. The van der Waals surface area contributed by atoms with Crippen LogP contribution < -0.4 is 5.32 Å². The molecule has 4 aliphatic rings. The minimum atomic E-state index is -3.58. The molecule has 11 heteroatoms. The number of thiazole rings is 1. The summed E-state index contributed by atoms with van der Waals surface area (Å²) in [4.78, 5) is 30.5. The first-order valence-electron chi connectivity index (χ1n) is 11.0. The zero-order valence-electron chi connectivity index (χ0n) is 17.9. The number of aliphatic carboxylic acids is 1. The molecule has 0 saturated heterocycles. The molecule has 4 aliphatic carbocycles. The lowest BCUT2D eigenvalue weighted by molar-refractivity contribution is -1.28. The molecule has 1 amide bonds. The van der Waals surface area contributed by atoms with E-state index in [1.807, 2.05) is 12.3 Å². The Labute approximate surface area is 196 Å². The van der Waals surface area contributed by atoms with E-state index in [0.717, 1.165) is 48.3 Å². The monoisotopic (exact) mass is 498 g/mol. The normalized spacial score (nSPS) is 24.7. The molecule has 1 fully saturated rings. The molecule has 0 aromatic carbocycles. The van der Waals surface area contributed by atoms with Gasteiger partial charge in [-0.05, 0) is 56.4 Å². The molecule has 176 valence electrons. The largest absolute Gasteiger partial charge is 0.478 e. The molecular weight excluding hydrogens is 475 g/mol. The van der Waals surface area contributed by atoms with Crippen molar-refractivity contribution in [2.75, 3.05) is 5.32 Å². The van der Waals surface area contributed by atoms with E-state index in [2.05, 4.69) is 10.3 Å². The van der Waals surface area contributed by atoms with Gasteiger partial charge in [-0.2, -0.15) is 0 Å². The second-order valence-corrected chi connectivity index (χ2v) is 11.0. The van der Waals surface area contributed by atoms with Gasteiger partial charge in [0.2, 0.25) is 11.2 Å². The number of nitrogens with one attached hydrogen (secondary N) is 1. The van der Waals surface area contributed by atoms with Crippen molar-refractivity contribution in [3.63, 3.8) is 0 Å². The molecule has 2 heterocycles. The number of hydrogen-bond acceptors (Lipinski definition) is 5. The standard InChI is InChI=1S/C22H22F3N3O3S2/c1-10-9-32-20(26-10)18-14-7-6-13(28(23,24)25)8-15(14)33-21(18)27-19(29)16-11-2-4-12(5-3-11)17(16)22(30)31/h9,11-13H,2-8H2,1H3,(H-,26,27,29,30,31)/p+1/t11?,12?,13-/m1/s1. The van der Waals surface area contributed by atoms with Gasteiger partial charge in [-0.15, -0.1) is 22.7 Å². The predicted octanol–water partition coefficient (Wildman–Crippen LogP) is 5.65. The lowest BCUT2D eigenvalue weighted by Gasteiger charge is -2.37. The molecule has 1 saturated carbocycles. The lowest BCUT2D eigenvalue weighted by Crippen LogP contribution is -2.37. The zero-order chi connectivity index (χ0) is 23.5. The third-order valence-electron chi connectivity index (χ3n) is 7.02. The second kappa shape index (κ2) is 8.21. The van der Waals surface area contributed by atoms with Gasteiger partial charge in [-0.3, -0.25) is 4.79 Å². The Morgan fingerprint density at radius 2 is 1.79 bits per heavy atom. The van der Waals surface area contributed by atoms with Gasteiger partial charge < -0.3 is 10.4 Å². The number of aryl methyl sites for hydroxylation is 1. The van der Waals surface area contributed by atoms with Crippen molar-refractivity contribution in [2.24, 2.45) is 11.8 Å². The van der Waals surface area contributed by atoms with Crippen molar-refractivity contribution >= 4 is 39.6 Å². The van der Waals surface area contributed by atoms with E-state index in [9.17, 15) is 28.1 Å². The lowest BCUT2D eigenvalue weighted by atomic mass is 9.66. The van der Waals surface area contributed by atoms with E-state index in [4.69, 9.17) is 0 Å². The van der Waals surface area contributed by atoms with Gasteiger partial charge >= 0.3 is 5.97 Å². The summed E-state index contributed by atoms with van der Waals surface area (Å²) in [6, 6.07) is -1.46. The molecule has 0 unspecified atom stereocenters. The van der Waals surface area contributed by atoms with E-state index in [-0.39, 0.29) is 36.7 Å². The fourth-order valence-electron chi connectivity index (χ4n) is 5.48. The first kappa shape index (κ1) is 22.5. The number of aromatic nitrogens is 1. The summed E-state index contributed by atoms with van der Waals surface area (Å²) in [6.07, 6.45) is 3.23. The van der Waals surface area contributed by atoms with Crippen molar-refractivity contribution in [3.05, 3.63) is 32.7 Å². The smallest absolute Gasteiger partial charge is 0.332 e. The first-order valence-corrected chi connectivity index (χ1v) is 12.7. The van der Waals surface area contributed by atoms with E-state index < -0.39 is 23.1 Å². The van der Waals surface area contributed by atoms with Crippen molar-refractivity contribution in [3.8, 4) is 10.6 Å². The summed E-state index contributed by atoms with van der Waals surface area (Å²) in [5, 5.41) is 12.1. The van der Waals surface area contributed by atoms with Gasteiger partial charge in [0, 0.05) is 45.5 Å². The van der Waals surface area contributed by atoms with E-state index in [1.165, 1.54) is 11.3 Å². The third-order valence-corrected chi connectivity index (χ3v) is 9.17. The molecule has 2 N–H and O–H groups in total. The van der Waals surface area contributed by atoms with Crippen LogP contribution in [-0.4, -0.2) is 33.2 Å². The Morgan fingerprint density at radius 1 is 1.12 bits per heavy atom. The first-order chi connectivity index (χ1) is 15.6. The number of fused-ring (bicyclic) bond motifs is 3. The van der Waals surface area contributed by atoms with Crippen molar-refractivity contribution < 1.29 is 33.3 Å². The van der Waals surface area contributed by atoms with Gasteiger partial charge in [0.25, 0.3) is 5.91 Å². The Hall–Kier alpha value is -2.24. The molecular formula is C22H23F3N3O3S2+. The highest BCUT2D eigenvalue weighted by atomic mass is 32.1.